The highest BCUT2D eigenvalue weighted by atomic mass is 32.2. The van der Waals surface area contributed by atoms with Gasteiger partial charge in [0.15, 0.2) is 15.3 Å². The molecule has 0 radical (unpaired) electrons. The molecule has 17 heavy (non-hydrogen) atoms. The maximum Gasteiger partial charge on any atom is 0.169 e. The summed E-state index contributed by atoms with van der Waals surface area (Å²) in [5.41, 5.74) is -0.694. The maximum atomic E-state index is 11.6. The second-order valence-electron chi connectivity index (χ2n) is 4.23. The molecule has 5 heteroatoms. The summed E-state index contributed by atoms with van der Waals surface area (Å²) in [7, 11) is -3.40. The first-order chi connectivity index (χ1) is 7.97. The number of rotatable bonds is 2. The summed E-state index contributed by atoms with van der Waals surface area (Å²) in [6.07, 6.45) is 1.07. The fourth-order valence-corrected chi connectivity index (χ4v) is 4.05. The topological polar surface area (TPSA) is 81.7 Å². The molecule has 0 N–H and O–H groups in total. The van der Waals surface area contributed by atoms with Gasteiger partial charge in [0.25, 0.3) is 0 Å². The van der Waals surface area contributed by atoms with Crippen LogP contribution in [0.15, 0.2) is 30.3 Å². The summed E-state index contributed by atoms with van der Waals surface area (Å²) in [5, 5.41) is 17.3. The van der Waals surface area contributed by atoms with Gasteiger partial charge in [0.1, 0.15) is 5.25 Å². The minimum absolute atomic E-state index is 0.534. The third kappa shape index (κ3) is 1.60. The van der Waals surface area contributed by atoms with E-state index in [1.807, 2.05) is 18.2 Å². The van der Waals surface area contributed by atoms with E-state index in [2.05, 4.69) is 0 Å². The van der Waals surface area contributed by atoms with Crippen molar-refractivity contribution >= 4 is 9.84 Å². The quantitative estimate of drug-likeness (QED) is 0.785. The highest BCUT2D eigenvalue weighted by Gasteiger charge is 2.72. The average Bonchev–Trinajstić information content (AvgIpc) is 3.00. The molecule has 1 aliphatic rings. The van der Waals surface area contributed by atoms with Crippen LogP contribution < -0.4 is 0 Å². The third-order valence-corrected chi connectivity index (χ3v) is 4.69. The predicted molar refractivity (Wildman–Crippen MR) is 61.5 cm³/mol. The van der Waals surface area contributed by atoms with Crippen LogP contribution in [0.3, 0.4) is 0 Å². The monoisotopic (exact) mass is 246 g/mol. The van der Waals surface area contributed by atoms with Crippen LogP contribution in [0.5, 0.6) is 0 Å². The molecule has 0 amide bonds. The van der Waals surface area contributed by atoms with Crippen LogP contribution in [-0.4, -0.2) is 19.9 Å². The molecule has 86 valence electrons. The van der Waals surface area contributed by atoms with Crippen molar-refractivity contribution in [2.24, 2.45) is 5.41 Å². The van der Waals surface area contributed by atoms with Crippen LogP contribution >= 0.6 is 0 Å². The molecule has 0 spiro atoms. The second-order valence-corrected chi connectivity index (χ2v) is 6.40. The Hall–Kier alpha value is -1.85. The Bertz CT molecular complexity index is 609. The van der Waals surface area contributed by atoms with Crippen LogP contribution in [0.25, 0.3) is 0 Å². The molecule has 2 rings (SSSR count). The number of benzene rings is 1. The SMILES string of the molecule is CS(=O)(=O)C1C(c2ccccc2)C1(C#N)C#N. The molecule has 0 aliphatic heterocycles. The highest BCUT2D eigenvalue weighted by Crippen LogP contribution is 2.61. The summed E-state index contributed by atoms with van der Waals surface area (Å²) in [5.74, 6) is -0.534. The van der Waals surface area contributed by atoms with Gasteiger partial charge in [0.2, 0.25) is 0 Å². The van der Waals surface area contributed by atoms with Gasteiger partial charge < -0.3 is 0 Å². The Balaban J connectivity index is 2.52. The van der Waals surface area contributed by atoms with E-state index in [-0.39, 0.29) is 0 Å². The van der Waals surface area contributed by atoms with Gasteiger partial charge in [0.05, 0.1) is 12.1 Å². The van der Waals surface area contributed by atoms with E-state index in [0.717, 1.165) is 11.8 Å². The summed E-state index contributed by atoms with van der Waals surface area (Å²) < 4.78 is 23.2. The van der Waals surface area contributed by atoms with Crippen LogP contribution in [0, 0.1) is 28.1 Å². The van der Waals surface area contributed by atoms with Gasteiger partial charge in [-0.05, 0) is 5.56 Å². The molecule has 1 fully saturated rings. The number of nitriles is 2. The summed E-state index contributed by atoms with van der Waals surface area (Å²) in [6, 6.07) is 12.6. The molecule has 2 atom stereocenters. The molecule has 1 aromatic rings. The summed E-state index contributed by atoms with van der Waals surface area (Å²) in [4.78, 5) is 0. The highest BCUT2D eigenvalue weighted by molar-refractivity contribution is 7.91. The van der Waals surface area contributed by atoms with E-state index >= 15 is 0 Å². The largest absolute Gasteiger partial charge is 0.229 e. The minimum Gasteiger partial charge on any atom is -0.229 e. The molecule has 1 aromatic carbocycles. The number of nitrogens with zero attached hydrogens (tertiary/aromatic N) is 2. The van der Waals surface area contributed by atoms with E-state index in [4.69, 9.17) is 10.5 Å². The smallest absolute Gasteiger partial charge is 0.169 e. The van der Waals surface area contributed by atoms with Crippen LogP contribution in [0.4, 0.5) is 0 Å². The first kappa shape index (κ1) is 11.6. The molecule has 1 aliphatic carbocycles. The van der Waals surface area contributed by atoms with Crippen molar-refractivity contribution in [3.05, 3.63) is 35.9 Å². The van der Waals surface area contributed by atoms with E-state index < -0.39 is 26.4 Å². The molecule has 0 saturated heterocycles. The van der Waals surface area contributed by atoms with E-state index in [0.29, 0.717) is 0 Å². The zero-order chi connectivity index (χ0) is 12.7. The summed E-state index contributed by atoms with van der Waals surface area (Å²) >= 11 is 0. The molecular weight excluding hydrogens is 236 g/mol. The third-order valence-electron chi connectivity index (χ3n) is 3.12. The first-order valence-corrected chi connectivity index (χ1v) is 6.99. The van der Waals surface area contributed by atoms with Gasteiger partial charge >= 0.3 is 0 Å². The van der Waals surface area contributed by atoms with E-state index in [1.165, 1.54) is 0 Å². The van der Waals surface area contributed by atoms with Crippen molar-refractivity contribution in [3.63, 3.8) is 0 Å². The Labute approximate surface area is 100 Å². The lowest BCUT2D eigenvalue weighted by Gasteiger charge is -1.97. The van der Waals surface area contributed by atoms with Gasteiger partial charge in [0, 0.05) is 12.2 Å². The van der Waals surface area contributed by atoms with Crippen molar-refractivity contribution in [3.8, 4) is 12.1 Å². The lowest BCUT2D eigenvalue weighted by molar-refractivity contribution is 0.597. The normalized spacial score (nSPS) is 25.6. The fraction of sp³-hybridized carbons (Fsp3) is 0.333. The van der Waals surface area contributed by atoms with Gasteiger partial charge in [-0.2, -0.15) is 10.5 Å². The molecule has 2 unspecified atom stereocenters. The number of hydrogen-bond donors (Lipinski definition) is 0. The Morgan fingerprint density at radius 2 is 1.71 bits per heavy atom. The van der Waals surface area contributed by atoms with Crippen molar-refractivity contribution in [1.29, 1.82) is 10.5 Å². The lowest BCUT2D eigenvalue weighted by atomic mass is 10.0. The molecular formula is C12H10N2O2S. The molecule has 0 aromatic heterocycles. The number of hydrogen-bond acceptors (Lipinski definition) is 4. The zero-order valence-corrected chi connectivity index (χ0v) is 9.98. The van der Waals surface area contributed by atoms with Crippen molar-refractivity contribution in [1.82, 2.24) is 0 Å². The second kappa shape index (κ2) is 3.58. The zero-order valence-electron chi connectivity index (χ0n) is 9.16. The van der Waals surface area contributed by atoms with Gasteiger partial charge in [-0.15, -0.1) is 0 Å². The van der Waals surface area contributed by atoms with Crippen molar-refractivity contribution in [2.75, 3.05) is 6.26 Å². The van der Waals surface area contributed by atoms with Gasteiger partial charge in [-0.1, -0.05) is 30.3 Å². The Morgan fingerprint density at radius 1 is 1.18 bits per heavy atom. The molecule has 4 nitrogen and oxygen atoms in total. The summed E-state index contributed by atoms with van der Waals surface area (Å²) in [6.45, 7) is 0. The standard InChI is InChI=1S/C12H10N2O2S/c1-17(15,16)11-10(12(11,7-13)8-14)9-5-3-2-4-6-9/h2-6,10-11H,1H3. The van der Waals surface area contributed by atoms with Crippen molar-refractivity contribution in [2.45, 2.75) is 11.2 Å². The van der Waals surface area contributed by atoms with Gasteiger partial charge in [-0.3, -0.25) is 0 Å². The first-order valence-electron chi connectivity index (χ1n) is 5.03. The minimum atomic E-state index is -3.40. The average molecular weight is 246 g/mol. The molecule has 1 saturated carbocycles. The Kier molecular flexibility index (Phi) is 2.45. The Morgan fingerprint density at radius 3 is 2.06 bits per heavy atom. The van der Waals surface area contributed by atoms with Crippen LogP contribution in [0.1, 0.15) is 11.5 Å². The van der Waals surface area contributed by atoms with Crippen LogP contribution in [-0.2, 0) is 9.84 Å². The van der Waals surface area contributed by atoms with E-state index in [9.17, 15) is 8.42 Å². The van der Waals surface area contributed by atoms with Gasteiger partial charge in [-0.25, -0.2) is 8.42 Å². The predicted octanol–water partition coefficient (Wildman–Crippen LogP) is 1.23. The number of sulfone groups is 1. The van der Waals surface area contributed by atoms with E-state index in [1.54, 1.807) is 24.3 Å². The van der Waals surface area contributed by atoms with Crippen molar-refractivity contribution < 1.29 is 8.42 Å². The maximum absolute atomic E-state index is 11.6. The van der Waals surface area contributed by atoms with Crippen LogP contribution in [0.2, 0.25) is 0 Å². The molecule has 0 heterocycles. The lowest BCUT2D eigenvalue weighted by Crippen LogP contribution is -2.11. The molecule has 0 bridgehead atoms. The fourth-order valence-electron chi connectivity index (χ4n) is 2.33.